The van der Waals surface area contributed by atoms with Crippen LogP contribution in [0.25, 0.3) is 11.4 Å². The molecule has 7 nitrogen and oxygen atoms in total. The number of carbonyl (C=O) groups excluding carboxylic acids is 1. The average Bonchev–Trinajstić information content (AvgIpc) is 3.27. The molecule has 0 aliphatic heterocycles. The maximum Gasteiger partial charge on any atom is 0.281 e. The van der Waals surface area contributed by atoms with Gasteiger partial charge in [0.1, 0.15) is 5.82 Å². The van der Waals surface area contributed by atoms with Crippen LogP contribution in [0.4, 0.5) is 10.3 Å². The lowest BCUT2D eigenvalue weighted by molar-refractivity contribution is 0.0947. The van der Waals surface area contributed by atoms with Crippen molar-refractivity contribution in [3.8, 4) is 22.9 Å². The third-order valence-corrected chi connectivity index (χ3v) is 4.83. The second-order valence-corrected chi connectivity index (χ2v) is 6.89. The minimum atomic E-state index is -0.387. The molecule has 0 spiro atoms. The van der Waals surface area contributed by atoms with Gasteiger partial charge in [0.25, 0.3) is 5.91 Å². The number of halogens is 1. The van der Waals surface area contributed by atoms with Crippen LogP contribution in [0, 0.1) is 5.82 Å². The molecule has 162 valence electrons. The summed E-state index contributed by atoms with van der Waals surface area (Å²) in [5.41, 5.74) is 1.97. The minimum absolute atomic E-state index is 0.271. The fraction of sp³-hybridized carbons (Fsp3) is 0.125. The molecule has 0 unspecified atom stereocenters. The van der Waals surface area contributed by atoms with Crippen molar-refractivity contribution in [1.29, 1.82) is 0 Å². The van der Waals surface area contributed by atoms with Gasteiger partial charge in [-0.25, -0.2) is 4.39 Å². The number of methoxy groups -OCH3 is 2. The monoisotopic (exact) mass is 432 g/mol. The van der Waals surface area contributed by atoms with E-state index in [0.717, 1.165) is 11.1 Å². The Hall–Kier alpha value is -4.20. The predicted octanol–water partition coefficient (Wildman–Crippen LogP) is 4.40. The summed E-state index contributed by atoms with van der Waals surface area (Å²) in [6, 6.07) is 20.3. The van der Waals surface area contributed by atoms with Crippen molar-refractivity contribution < 1.29 is 18.7 Å². The zero-order valence-corrected chi connectivity index (χ0v) is 17.6. The van der Waals surface area contributed by atoms with E-state index in [4.69, 9.17) is 9.47 Å². The molecule has 0 amide bonds. The van der Waals surface area contributed by atoms with E-state index in [0.29, 0.717) is 29.4 Å². The summed E-state index contributed by atoms with van der Waals surface area (Å²) in [7, 11) is 3.03. The molecule has 1 aromatic heterocycles. The molecule has 0 saturated carbocycles. The first kappa shape index (κ1) is 21.0. The van der Waals surface area contributed by atoms with Gasteiger partial charge in [0, 0.05) is 17.7 Å². The minimum Gasteiger partial charge on any atom is -0.493 e. The van der Waals surface area contributed by atoms with Crippen molar-refractivity contribution in [2.75, 3.05) is 19.5 Å². The highest BCUT2D eigenvalue weighted by Gasteiger charge is 2.20. The van der Waals surface area contributed by atoms with Crippen LogP contribution in [-0.4, -0.2) is 34.9 Å². The Bertz CT molecular complexity index is 1220. The molecule has 4 rings (SSSR count). The number of nitrogens with one attached hydrogen (secondary N) is 1. The smallest absolute Gasteiger partial charge is 0.281 e. The number of ether oxygens (including phenoxy) is 2. The fourth-order valence-corrected chi connectivity index (χ4v) is 3.15. The predicted molar refractivity (Wildman–Crippen MR) is 118 cm³/mol. The second-order valence-electron chi connectivity index (χ2n) is 6.89. The first-order valence-corrected chi connectivity index (χ1v) is 9.86. The number of hydrogen-bond acceptors (Lipinski definition) is 6. The third kappa shape index (κ3) is 4.44. The van der Waals surface area contributed by atoms with E-state index in [-0.39, 0.29) is 17.7 Å². The van der Waals surface area contributed by atoms with Crippen LogP contribution in [0.2, 0.25) is 0 Å². The molecule has 0 atom stereocenters. The summed E-state index contributed by atoms with van der Waals surface area (Å²) in [6.07, 6.45) is 0. The van der Waals surface area contributed by atoms with Gasteiger partial charge in [0.15, 0.2) is 17.3 Å². The molecule has 0 bridgehead atoms. The van der Waals surface area contributed by atoms with Crippen LogP contribution in [0.15, 0.2) is 72.8 Å². The molecule has 3 aromatic carbocycles. The van der Waals surface area contributed by atoms with E-state index in [2.05, 4.69) is 15.4 Å². The van der Waals surface area contributed by atoms with E-state index in [9.17, 15) is 9.18 Å². The van der Waals surface area contributed by atoms with Gasteiger partial charge in [-0.1, -0.05) is 42.5 Å². The number of nitrogens with zero attached hydrogens (tertiary/aromatic N) is 3. The van der Waals surface area contributed by atoms with Gasteiger partial charge in [-0.05, 0) is 35.9 Å². The lowest BCUT2D eigenvalue weighted by atomic mass is 10.2. The van der Waals surface area contributed by atoms with Gasteiger partial charge in [-0.2, -0.15) is 9.67 Å². The first-order valence-electron chi connectivity index (χ1n) is 9.86. The number of rotatable bonds is 7. The Morgan fingerprint density at radius 1 is 0.969 bits per heavy atom. The molecule has 1 heterocycles. The van der Waals surface area contributed by atoms with E-state index < -0.39 is 0 Å². The third-order valence-electron chi connectivity index (χ3n) is 4.83. The van der Waals surface area contributed by atoms with E-state index in [1.807, 2.05) is 30.3 Å². The van der Waals surface area contributed by atoms with Crippen molar-refractivity contribution in [2.45, 2.75) is 6.54 Å². The summed E-state index contributed by atoms with van der Waals surface area (Å²) in [4.78, 5) is 17.8. The van der Waals surface area contributed by atoms with Crippen LogP contribution < -0.4 is 14.8 Å². The molecule has 4 aromatic rings. The second kappa shape index (κ2) is 9.30. The van der Waals surface area contributed by atoms with Crippen LogP contribution >= 0.6 is 0 Å². The lowest BCUT2D eigenvalue weighted by Crippen LogP contribution is -2.17. The van der Waals surface area contributed by atoms with E-state index in [1.54, 1.807) is 30.3 Å². The SMILES string of the molecule is COc1ccc(C(=O)n2nc(-c3ccccc3)nc2NCc2ccc(F)cc2)cc1OC. The van der Waals surface area contributed by atoms with Gasteiger partial charge in [-0.15, -0.1) is 5.10 Å². The van der Waals surface area contributed by atoms with Crippen molar-refractivity contribution >= 4 is 11.9 Å². The molecule has 8 heteroatoms. The van der Waals surface area contributed by atoms with Gasteiger partial charge in [0.2, 0.25) is 5.95 Å². The van der Waals surface area contributed by atoms with E-state index in [1.165, 1.54) is 31.0 Å². The van der Waals surface area contributed by atoms with Crippen LogP contribution in [0.1, 0.15) is 15.9 Å². The number of anilines is 1. The van der Waals surface area contributed by atoms with E-state index >= 15 is 0 Å². The Balaban J connectivity index is 1.69. The van der Waals surface area contributed by atoms with Gasteiger partial charge in [-0.3, -0.25) is 4.79 Å². The summed E-state index contributed by atoms with van der Waals surface area (Å²) in [5, 5.41) is 7.57. The number of carbonyl (C=O) groups is 1. The Kier molecular flexibility index (Phi) is 6.12. The zero-order chi connectivity index (χ0) is 22.5. The Labute approximate surface area is 184 Å². The van der Waals surface area contributed by atoms with Gasteiger partial charge >= 0.3 is 0 Å². The highest BCUT2D eigenvalue weighted by Crippen LogP contribution is 2.28. The molecule has 0 aliphatic carbocycles. The van der Waals surface area contributed by atoms with Gasteiger partial charge < -0.3 is 14.8 Å². The molecule has 1 N–H and O–H groups in total. The van der Waals surface area contributed by atoms with Crippen molar-refractivity contribution in [3.05, 3.63) is 89.7 Å². The standard InChI is InChI=1S/C24H21FN4O3/c1-31-20-13-10-18(14-21(20)32-2)23(30)29-24(26-15-16-8-11-19(25)12-9-16)27-22(28-29)17-6-4-3-5-7-17/h3-14H,15H2,1-2H3,(H,26,27,28). The normalized spacial score (nSPS) is 10.6. The molecule has 32 heavy (non-hydrogen) atoms. The number of aromatic nitrogens is 3. The maximum atomic E-state index is 13.3. The molecule has 0 fully saturated rings. The molecular weight excluding hydrogens is 411 g/mol. The maximum absolute atomic E-state index is 13.3. The highest BCUT2D eigenvalue weighted by molar-refractivity contribution is 5.97. The van der Waals surface area contributed by atoms with Gasteiger partial charge in [0.05, 0.1) is 14.2 Å². The van der Waals surface area contributed by atoms with Crippen LogP contribution in [-0.2, 0) is 6.54 Å². The summed E-state index contributed by atoms with van der Waals surface area (Å²) < 4.78 is 25.0. The zero-order valence-electron chi connectivity index (χ0n) is 17.6. The van der Waals surface area contributed by atoms with Crippen molar-refractivity contribution in [1.82, 2.24) is 14.8 Å². The van der Waals surface area contributed by atoms with Crippen molar-refractivity contribution in [2.24, 2.45) is 0 Å². The van der Waals surface area contributed by atoms with Crippen LogP contribution in [0.5, 0.6) is 11.5 Å². The highest BCUT2D eigenvalue weighted by atomic mass is 19.1. The average molecular weight is 432 g/mol. The van der Waals surface area contributed by atoms with Crippen LogP contribution in [0.3, 0.4) is 0 Å². The Morgan fingerprint density at radius 3 is 2.38 bits per heavy atom. The summed E-state index contributed by atoms with van der Waals surface area (Å²) in [6.45, 7) is 0.340. The number of benzene rings is 3. The van der Waals surface area contributed by atoms with Crippen molar-refractivity contribution in [3.63, 3.8) is 0 Å². The number of hydrogen-bond donors (Lipinski definition) is 1. The Morgan fingerprint density at radius 2 is 1.69 bits per heavy atom. The fourth-order valence-electron chi connectivity index (χ4n) is 3.15. The quantitative estimate of drug-likeness (QED) is 0.466. The largest absolute Gasteiger partial charge is 0.493 e. The molecule has 0 saturated heterocycles. The lowest BCUT2D eigenvalue weighted by Gasteiger charge is -2.10. The topological polar surface area (TPSA) is 78.3 Å². The molecular formula is C24H21FN4O3. The molecule has 0 aliphatic rings. The first-order chi connectivity index (χ1) is 15.6. The summed E-state index contributed by atoms with van der Waals surface area (Å²) >= 11 is 0. The summed E-state index contributed by atoms with van der Waals surface area (Å²) in [5.74, 6) is 0.924. The molecule has 0 radical (unpaired) electrons.